The fourth-order valence-electron chi connectivity index (χ4n) is 4.55. The zero-order valence-corrected chi connectivity index (χ0v) is 19.4. The van der Waals surface area contributed by atoms with Crippen molar-refractivity contribution in [3.8, 4) is 11.1 Å². The van der Waals surface area contributed by atoms with E-state index >= 15 is 0 Å². The average Bonchev–Trinajstić information content (AvgIpc) is 3.58. The summed E-state index contributed by atoms with van der Waals surface area (Å²) in [7, 11) is 1.93. The number of aromatic nitrogens is 7. The Balaban J connectivity index is 1.15. The van der Waals surface area contributed by atoms with Crippen LogP contribution in [0.2, 0.25) is 0 Å². The van der Waals surface area contributed by atoms with E-state index in [1.54, 1.807) is 0 Å². The zero-order chi connectivity index (χ0) is 23.1. The van der Waals surface area contributed by atoms with Gasteiger partial charge in [0.1, 0.15) is 5.82 Å². The van der Waals surface area contributed by atoms with Gasteiger partial charge in [-0.25, -0.2) is 9.20 Å². The van der Waals surface area contributed by atoms with Gasteiger partial charge in [-0.1, -0.05) is 36.4 Å². The molecule has 0 N–H and O–H groups in total. The van der Waals surface area contributed by atoms with Gasteiger partial charge in [-0.15, -0.1) is 5.10 Å². The molecule has 0 aliphatic carbocycles. The summed E-state index contributed by atoms with van der Waals surface area (Å²) in [5.41, 5.74) is 5.70. The smallest absolute Gasteiger partial charge is 0.245 e. The molecule has 0 radical (unpaired) electrons. The van der Waals surface area contributed by atoms with Crippen molar-refractivity contribution in [1.29, 1.82) is 0 Å². The van der Waals surface area contributed by atoms with Crippen LogP contribution < -0.4 is 9.80 Å². The minimum absolute atomic E-state index is 0.739. The number of anilines is 2. The Morgan fingerprint density at radius 3 is 2.38 bits per heavy atom. The summed E-state index contributed by atoms with van der Waals surface area (Å²) in [5, 5.41) is 13.7. The Bertz CT molecular complexity index is 1420. The van der Waals surface area contributed by atoms with Crippen LogP contribution in [0.5, 0.6) is 0 Å². The van der Waals surface area contributed by atoms with Gasteiger partial charge in [-0.05, 0) is 18.6 Å². The normalized spacial score (nSPS) is 14.3. The lowest BCUT2D eigenvalue weighted by Gasteiger charge is -2.35. The number of hydrogen-bond acceptors (Lipinski definition) is 6. The number of benzene rings is 1. The van der Waals surface area contributed by atoms with Gasteiger partial charge >= 0.3 is 0 Å². The lowest BCUT2D eigenvalue weighted by Crippen LogP contribution is -2.47. The van der Waals surface area contributed by atoms with E-state index in [4.69, 9.17) is 10.1 Å². The van der Waals surface area contributed by atoms with Crippen LogP contribution in [0.3, 0.4) is 0 Å². The van der Waals surface area contributed by atoms with Crippen molar-refractivity contribution < 1.29 is 0 Å². The minimum atomic E-state index is 0.739. The monoisotopic (exact) mass is 453 g/mol. The van der Waals surface area contributed by atoms with Gasteiger partial charge in [0.25, 0.3) is 0 Å². The fraction of sp³-hybridized carbons (Fsp3) is 0.280. The van der Waals surface area contributed by atoms with Crippen LogP contribution in [-0.2, 0) is 13.6 Å². The number of pyridine rings is 1. The maximum atomic E-state index is 4.80. The highest BCUT2D eigenvalue weighted by atomic mass is 15.4. The first-order valence-corrected chi connectivity index (χ1v) is 11.6. The van der Waals surface area contributed by atoms with Crippen molar-refractivity contribution in [3.63, 3.8) is 0 Å². The van der Waals surface area contributed by atoms with Gasteiger partial charge in [0.2, 0.25) is 5.95 Å². The summed E-state index contributed by atoms with van der Waals surface area (Å²) in [6.45, 7) is 6.31. The quantitative estimate of drug-likeness (QED) is 0.407. The van der Waals surface area contributed by atoms with E-state index in [0.29, 0.717) is 0 Å². The standard InChI is InChI=1S/C25H27N9/c1-19-28-25(29-33(19)16-20-6-4-3-5-7-20)32-12-10-31(11-13-32)24-15-27-34-18-21(8-9-23(24)34)22-14-26-30(2)17-22/h3-9,14-15,17-18H,10-13,16H2,1-2H3. The molecule has 0 unspecified atom stereocenters. The van der Waals surface area contributed by atoms with Crippen LogP contribution in [0.25, 0.3) is 16.6 Å². The van der Waals surface area contributed by atoms with E-state index in [-0.39, 0.29) is 0 Å². The number of fused-ring (bicyclic) bond motifs is 1. The Labute approximate surface area is 197 Å². The van der Waals surface area contributed by atoms with Crippen molar-refractivity contribution in [1.82, 2.24) is 34.2 Å². The van der Waals surface area contributed by atoms with Crippen LogP contribution in [0.15, 0.2) is 67.3 Å². The van der Waals surface area contributed by atoms with Gasteiger partial charge in [0.05, 0.1) is 30.1 Å². The predicted octanol–water partition coefficient (Wildman–Crippen LogP) is 3.01. The second kappa shape index (κ2) is 8.33. The third kappa shape index (κ3) is 3.79. The van der Waals surface area contributed by atoms with Crippen LogP contribution in [-0.4, -0.2) is 60.3 Å². The van der Waals surface area contributed by atoms with Crippen LogP contribution >= 0.6 is 0 Å². The summed E-state index contributed by atoms with van der Waals surface area (Å²) >= 11 is 0. The highest BCUT2D eigenvalue weighted by Gasteiger charge is 2.23. The van der Waals surface area contributed by atoms with Crippen molar-refractivity contribution >= 4 is 17.2 Å². The Morgan fingerprint density at radius 1 is 0.824 bits per heavy atom. The molecule has 1 fully saturated rings. The summed E-state index contributed by atoms with van der Waals surface area (Å²) < 4.78 is 5.76. The van der Waals surface area contributed by atoms with Crippen LogP contribution in [0.1, 0.15) is 11.4 Å². The molecule has 0 amide bonds. The first-order chi connectivity index (χ1) is 16.6. The first kappa shape index (κ1) is 20.5. The second-order valence-electron chi connectivity index (χ2n) is 8.76. The van der Waals surface area contributed by atoms with Crippen molar-refractivity contribution in [2.24, 2.45) is 7.05 Å². The summed E-state index contributed by atoms with van der Waals surface area (Å²) in [6.07, 6.45) is 7.93. The molecule has 0 spiro atoms. The molecular formula is C25H27N9. The van der Waals surface area contributed by atoms with Gasteiger partial charge in [-0.3, -0.25) is 4.68 Å². The summed E-state index contributed by atoms with van der Waals surface area (Å²) in [5.74, 6) is 1.75. The van der Waals surface area contributed by atoms with Crippen molar-refractivity contribution in [2.45, 2.75) is 13.5 Å². The SMILES string of the molecule is Cc1nc(N2CCN(c3cnn4cc(-c5cnn(C)c5)ccc34)CC2)nn1Cc1ccccc1. The molecule has 1 aromatic carbocycles. The molecule has 6 rings (SSSR count). The molecule has 5 heterocycles. The highest BCUT2D eigenvalue weighted by molar-refractivity contribution is 5.75. The van der Waals surface area contributed by atoms with Gasteiger partial charge in [0.15, 0.2) is 0 Å². The zero-order valence-electron chi connectivity index (χ0n) is 19.4. The molecule has 5 aromatic rings. The molecule has 1 aliphatic heterocycles. The fourth-order valence-corrected chi connectivity index (χ4v) is 4.55. The van der Waals surface area contributed by atoms with Crippen molar-refractivity contribution in [2.75, 3.05) is 36.0 Å². The van der Waals surface area contributed by atoms with E-state index < -0.39 is 0 Å². The number of rotatable bonds is 5. The third-order valence-electron chi connectivity index (χ3n) is 6.46. The summed E-state index contributed by atoms with van der Waals surface area (Å²) in [6, 6.07) is 14.7. The Kier molecular flexibility index (Phi) is 5.01. The maximum absolute atomic E-state index is 4.80. The highest BCUT2D eigenvalue weighted by Crippen LogP contribution is 2.27. The number of aryl methyl sites for hydroxylation is 2. The average molecular weight is 454 g/mol. The molecule has 172 valence electrons. The second-order valence-corrected chi connectivity index (χ2v) is 8.76. The minimum Gasteiger partial charge on any atom is -0.365 e. The molecule has 0 bridgehead atoms. The molecule has 34 heavy (non-hydrogen) atoms. The molecule has 1 aliphatic rings. The lowest BCUT2D eigenvalue weighted by atomic mass is 10.1. The summed E-state index contributed by atoms with van der Waals surface area (Å²) in [4.78, 5) is 9.42. The van der Waals surface area contributed by atoms with Crippen molar-refractivity contribution in [3.05, 3.63) is 78.6 Å². The lowest BCUT2D eigenvalue weighted by molar-refractivity contribution is 0.624. The molecular weight excluding hydrogens is 426 g/mol. The third-order valence-corrected chi connectivity index (χ3v) is 6.46. The Hall–Kier alpha value is -4.14. The van der Waals surface area contributed by atoms with E-state index in [9.17, 15) is 0 Å². The molecule has 4 aromatic heterocycles. The maximum Gasteiger partial charge on any atom is 0.245 e. The Morgan fingerprint density at radius 2 is 1.62 bits per heavy atom. The van der Waals surface area contributed by atoms with Gasteiger partial charge in [-0.2, -0.15) is 15.2 Å². The molecule has 0 atom stereocenters. The van der Waals surface area contributed by atoms with Crippen LogP contribution in [0.4, 0.5) is 11.6 Å². The molecule has 1 saturated heterocycles. The number of piperazine rings is 1. The number of nitrogens with zero attached hydrogens (tertiary/aromatic N) is 9. The van der Waals surface area contributed by atoms with Crippen LogP contribution in [0, 0.1) is 6.92 Å². The number of hydrogen-bond donors (Lipinski definition) is 0. The molecule has 0 saturated carbocycles. The largest absolute Gasteiger partial charge is 0.365 e. The van der Waals surface area contributed by atoms with Gasteiger partial charge in [0, 0.05) is 56.7 Å². The topological polar surface area (TPSA) is 72.3 Å². The van der Waals surface area contributed by atoms with Gasteiger partial charge < -0.3 is 9.80 Å². The molecule has 9 nitrogen and oxygen atoms in total. The predicted molar refractivity (Wildman–Crippen MR) is 132 cm³/mol. The van der Waals surface area contributed by atoms with E-state index in [1.165, 1.54) is 5.56 Å². The first-order valence-electron chi connectivity index (χ1n) is 11.6. The molecule has 9 heteroatoms. The van der Waals surface area contributed by atoms with E-state index in [0.717, 1.165) is 66.8 Å². The van der Waals surface area contributed by atoms with E-state index in [1.807, 2.05) is 52.5 Å². The van der Waals surface area contributed by atoms with E-state index in [2.05, 4.69) is 62.6 Å².